The number of aromatic nitrogens is 2. The summed E-state index contributed by atoms with van der Waals surface area (Å²) in [4.78, 5) is 4.47. The fourth-order valence-corrected chi connectivity index (χ4v) is 2.97. The smallest absolute Gasteiger partial charge is 0.174 e. The third-order valence-corrected chi connectivity index (χ3v) is 4.22. The Labute approximate surface area is 138 Å². The second-order valence-electron chi connectivity index (χ2n) is 4.55. The van der Waals surface area contributed by atoms with Crippen LogP contribution >= 0.6 is 23.4 Å². The predicted octanol–water partition coefficient (Wildman–Crippen LogP) is 4.81. The summed E-state index contributed by atoms with van der Waals surface area (Å²) in [7, 11) is 0. The molecule has 0 amide bonds. The van der Waals surface area contributed by atoms with E-state index in [0.29, 0.717) is 10.8 Å². The van der Waals surface area contributed by atoms with Crippen LogP contribution in [-0.4, -0.2) is 15.3 Å². The molecule has 22 heavy (non-hydrogen) atoms. The lowest BCUT2D eigenvalue weighted by atomic mass is 10.1. The molecule has 0 spiro atoms. The van der Waals surface area contributed by atoms with E-state index in [1.165, 1.54) is 11.8 Å². The lowest BCUT2D eigenvalue weighted by Crippen LogP contribution is -1.99. The number of thioether (sulfide) groups is 1. The maximum Gasteiger partial charge on any atom is 0.174 e. The highest BCUT2D eigenvalue weighted by Gasteiger charge is 2.13. The van der Waals surface area contributed by atoms with Crippen molar-refractivity contribution >= 4 is 23.4 Å². The number of halogens is 1. The van der Waals surface area contributed by atoms with E-state index in [2.05, 4.69) is 11.1 Å². The zero-order chi connectivity index (χ0) is 15.4. The zero-order valence-corrected chi connectivity index (χ0v) is 13.2. The molecule has 2 aromatic carbocycles. The fourth-order valence-electron chi connectivity index (χ4n) is 2.19. The molecule has 3 rings (SSSR count). The summed E-state index contributed by atoms with van der Waals surface area (Å²) in [6, 6.07) is 19.8. The van der Waals surface area contributed by atoms with Gasteiger partial charge >= 0.3 is 0 Å². The minimum absolute atomic E-state index is 0.360. The van der Waals surface area contributed by atoms with Crippen molar-refractivity contribution in [1.82, 2.24) is 9.55 Å². The van der Waals surface area contributed by atoms with E-state index in [1.54, 1.807) is 0 Å². The molecule has 0 aliphatic carbocycles. The SMILES string of the molecule is N#CCSc1ncc(-c2ccccc2)n1-c1ccc(Cl)cc1. The third-order valence-electron chi connectivity index (χ3n) is 3.15. The van der Waals surface area contributed by atoms with Gasteiger partial charge in [0.25, 0.3) is 0 Å². The third kappa shape index (κ3) is 3.01. The molecule has 3 aromatic rings. The van der Waals surface area contributed by atoms with E-state index in [0.717, 1.165) is 22.1 Å². The minimum atomic E-state index is 0.360. The highest BCUT2D eigenvalue weighted by molar-refractivity contribution is 7.99. The topological polar surface area (TPSA) is 41.6 Å². The van der Waals surface area contributed by atoms with Crippen LogP contribution in [-0.2, 0) is 0 Å². The number of rotatable bonds is 4. The van der Waals surface area contributed by atoms with Gasteiger partial charge in [0.05, 0.1) is 23.7 Å². The Hall–Kier alpha value is -2.22. The van der Waals surface area contributed by atoms with E-state index in [4.69, 9.17) is 16.9 Å². The van der Waals surface area contributed by atoms with Gasteiger partial charge < -0.3 is 0 Å². The van der Waals surface area contributed by atoms with Crippen LogP contribution in [0.2, 0.25) is 5.02 Å². The standard InChI is InChI=1S/C17H12ClN3S/c18-14-6-8-15(9-7-14)21-16(13-4-2-1-3-5-13)12-20-17(21)22-11-10-19/h1-9,12H,11H2. The first-order chi connectivity index (χ1) is 10.8. The quantitative estimate of drug-likeness (QED) is 0.646. The maximum absolute atomic E-state index is 8.82. The van der Waals surface area contributed by atoms with E-state index in [1.807, 2.05) is 65.4 Å². The Balaban J connectivity index is 2.13. The van der Waals surface area contributed by atoms with Crippen LogP contribution in [0.4, 0.5) is 0 Å². The first kappa shape index (κ1) is 14.7. The lowest BCUT2D eigenvalue weighted by Gasteiger charge is -2.11. The van der Waals surface area contributed by atoms with Crippen molar-refractivity contribution in [1.29, 1.82) is 5.26 Å². The molecule has 0 bridgehead atoms. The Kier molecular flexibility index (Phi) is 4.47. The van der Waals surface area contributed by atoms with Gasteiger partial charge in [0.2, 0.25) is 0 Å². The van der Waals surface area contributed by atoms with Gasteiger partial charge in [0, 0.05) is 16.3 Å². The molecule has 1 heterocycles. The van der Waals surface area contributed by atoms with Crippen LogP contribution < -0.4 is 0 Å². The van der Waals surface area contributed by atoms with Gasteiger partial charge in [-0.1, -0.05) is 53.7 Å². The second-order valence-corrected chi connectivity index (χ2v) is 5.93. The van der Waals surface area contributed by atoms with Gasteiger partial charge in [-0.05, 0) is 24.3 Å². The molecule has 0 radical (unpaired) electrons. The number of nitrogens with zero attached hydrogens (tertiary/aromatic N) is 3. The molecule has 0 aliphatic rings. The van der Waals surface area contributed by atoms with Crippen LogP contribution in [0.25, 0.3) is 16.9 Å². The summed E-state index contributed by atoms with van der Waals surface area (Å²) >= 11 is 7.40. The number of benzene rings is 2. The van der Waals surface area contributed by atoms with Crippen LogP contribution in [0.5, 0.6) is 0 Å². The first-order valence-electron chi connectivity index (χ1n) is 6.68. The summed E-state index contributed by atoms with van der Waals surface area (Å²) in [5, 5.41) is 10.3. The average Bonchev–Trinajstić information content (AvgIpc) is 2.98. The first-order valence-corrected chi connectivity index (χ1v) is 8.05. The van der Waals surface area contributed by atoms with Crippen molar-refractivity contribution in [2.75, 3.05) is 5.75 Å². The van der Waals surface area contributed by atoms with E-state index >= 15 is 0 Å². The lowest BCUT2D eigenvalue weighted by molar-refractivity contribution is 0.902. The minimum Gasteiger partial charge on any atom is -0.287 e. The van der Waals surface area contributed by atoms with Gasteiger partial charge in [-0.25, -0.2) is 4.98 Å². The summed E-state index contributed by atoms with van der Waals surface area (Å²) < 4.78 is 2.05. The molecule has 5 heteroatoms. The molecular weight excluding hydrogens is 314 g/mol. The van der Waals surface area contributed by atoms with Gasteiger partial charge in [0.15, 0.2) is 5.16 Å². The van der Waals surface area contributed by atoms with Crippen molar-refractivity contribution < 1.29 is 0 Å². The Morgan fingerprint density at radius 1 is 1.09 bits per heavy atom. The normalized spacial score (nSPS) is 10.4. The van der Waals surface area contributed by atoms with E-state index < -0.39 is 0 Å². The number of imidazole rings is 1. The molecule has 3 nitrogen and oxygen atoms in total. The molecular formula is C17H12ClN3S. The number of nitriles is 1. The second kappa shape index (κ2) is 6.69. The molecule has 0 fully saturated rings. The van der Waals surface area contributed by atoms with E-state index in [-0.39, 0.29) is 0 Å². The highest BCUT2D eigenvalue weighted by atomic mass is 35.5. The molecule has 0 unspecified atom stereocenters. The zero-order valence-electron chi connectivity index (χ0n) is 11.6. The van der Waals surface area contributed by atoms with Crippen molar-refractivity contribution in [2.24, 2.45) is 0 Å². The fraction of sp³-hybridized carbons (Fsp3) is 0.0588. The molecule has 1 aromatic heterocycles. The molecule has 108 valence electrons. The Morgan fingerprint density at radius 3 is 2.50 bits per heavy atom. The molecule has 0 atom stereocenters. The summed E-state index contributed by atoms with van der Waals surface area (Å²) in [6.45, 7) is 0. The summed E-state index contributed by atoms with van der Waals surface area (Å²) in [6.07, 6.45) is 1.84. The molecule has 0 aliphatic heterocycles. The monoisotopic (exact) mass is 325 g/mol. The summed E-state index contributed by atoms with van der Waals surface area (Å²) in [5.74, 6) is 0.360. The van der Waals surface area contributed by atoms with Crippen molar-refractivity contribution in [3.8, 4) is 23.0 Å². The van der Waals surface area contributed by atoms with Gasteiger partial charge in [0.1, 0.15) is 0 Å². The maximum atomic E-state index is 8.82. The van der Waals surface area contributed by atoms with Crippen molar-refractivity contribution in [2.45, 2.75) is 5.16 Å². The van der Waals surface area contributed by atoms with Crippen molar-refractivity contribution in [3.63, 3.8) is 0 Å². The van der Waals surface area contributed by atoms with Crippen LogP contribution in [0, 0.1) is 11.3 Å². The molecule has 0 N–H and O–H groups in total. The number of hydrogen-bond donors (Lipinski definition) is 0. The van der Waals surface area contributed by atoms with Crippen LogP contribution in [0.15, 0.2) is 66.0 Å². The summed E-state index contributed by atoms with van der Waals surface area (Å²) in [5.41, 5.74) is 3.04. The Bertz CT molecular complexity index is 804. The van der Waals surface area contributed by atoms with Crippen LogP contribution in [0.3, 0.4) is 0 Å². The predicted molar refractivity (Wildman–Crippen MR) is 90.3 cm³/mol. The van der Waals surface area contributed by atoms with Crippen molar-refractivity contribution in [3.05, 3.63) is 65.8 Å². The van der Waals surface area contributed by atoms with Gasteiger partial charge in [-0.15, -0.1) is 0 Å². The molecule has 0 saturated carbocycles. The largest absolute Gasteiger partial charge is 0.287 e. The van der Waals surface area contributed by atoms with Crippen LogP contribution in [0.1, 0.15) is 0 Å². The Morgan fingerprint density at radius 2 is 1.82 bits per heavy atom. The van der Waals surface area contributed by atoms with Gasteiger partial charge in [-0.2, -0.15) is 5.26 Å². The van der Waals surface area contributed by atoms with E-state index in [9.17, 15) is 0 Å². The average molecular weight is 326 g/mol. The van der Waals surface area contributed by atoms with Gasteiger partial charge in [-0.3, -0.25) is 4.57 Å². The number of hydrogen-bond acceptors (Lipinski definition) is 3. The molecule has 0 saturated heterocycles. The highest BCUT2D eigenvalue weighted by Crippen LogP contribution is 2.30.